The van der Waals surface area contributed by atoms with Crippen molar-refractivity contribution in [2.75, 3.05) is 0 Å². The largest absolute Gasteiger partial charge is 0.438 e. The zero-order valence-electron chi connectivity index (χ0n) is 11.0. The average molecular weight is 277 g/mol. The molecule has 2 rings (SSSR count). The summed E-state index contributed by atoms with van der Waals surface area (Å²) >= 11 is 0. The number of aryl methyl sites for hydroxylation is 2. The Labute approximate surface area is 114 Å². The van der Waals surface area contributed by atoms with Gasteiger partial charge in [0, 0.05) is 23.9 Å². The first-order valence-electron chi connectivity index (χ1n) is 5.83. The molecule has 0 atom stereocenters. The molecule has 1 heterocycles. The molecule has 0 amide bonds. The van der Waals surface area contributed by atoms with Crippen LogP contribution in [-0.2, 0) is 0 Å². The van der Waals surface area contributed by atoms with Crippen LogP contribution in [-0.4, -0.2) is 10.8 Å². The third-order valence-corrected chi connectivity index (χ3v) is 2.63. The van der Waals surface area contributed by atoms with Gasteiger partial charge in [-0.15, -0.1) is 0 Å². The van der Waals surface area contributed by atoms with Crippen molar-refractivity contribution in [3.8, 4) is 11.6 Å². The van der Waals surface area contributed by atoms with Crippen molar-refractivity contribution < 1.29 is 13.5 Å². The second-order valence-electron chi connectivity index (χ2n) is 4.38. The second-order valence-corrected chi connectivity index (χ2v) is 4.38. The highest BCUT2D eigenvalue weighted by Crippen LogP contribution is 2.27. The molecular formula is C14H13F2N3O. The normalized spacial score (nSPS) is 10.4. The Bertz CT molecular complexity index is 666. The minimum Gasteiger partial charge on any atom is -0.438 e. The van der Waals surface area contributed by atoms with Gasteiger partial charge in [-0.25, -0.2) is 13.8 Å². The number of ether oxygens (including phenoxy) is 1. The molecule has 0 aliphatic rings. The highest BCUT2D eigenvalue weighted by Gasteiger charge is 2.14. The fraction of sp³-hybridized carbons (Fsp3) is 0.143. The van der Waals surface area contributed by atoms with Gasteiger partial charge in [0.25, 0.3) is 0 Å². The number of nitrogens with two attached hydrogens (primary N) is 1. The smallest absolute Gasteiger partial charge is 0.230 e. The standard InChI is InChI=1S/C14H13F2N3O/c1-7-3-8(2)19-14(12(7)13(17)18)20-11-5-9(15)4-10(16)6-11/h3-6H,1-2H3,(H3,17,18). The van der Waals surface area contributed by atoms with Crippen LogP contribution in [0.3, 0.4) is 0 Å². The van der Waals surface area contributed by atoms with E-state index < -0.39 is 11.6 Å². The summed E-state index contributed by atoms with van der Waals surface area (Å²) in [6.45, 7) is 3.50. The summed E-state index contributed by atoms with van der Waals surface area (Å²) in [7, 11) is 0. The zero-order chi connectivity index (χ0) is 14.9. The van der Waals surface area contributed by atoms with Gasteiger partial charge in [-0.1, -0.05) is 0 Å². The first-order valence-corrected chi connectivity index (χ1v) is 5.83. The van der Waals surface area contributed by atoms with Crippen LogP contribution in [0.2, 0.25) is 0 Å². The second kappa shape index (κ2) is 5.24. The average Bonchev–Trinajstić information content (AvgIpc) is 2.25. The number of rotatable bonds is 3. The minimum absolute atomic E-state index is 0.0394. The number of halogens is 2. The summed E-state index contributed by atoms with van der Waals surface area (Å²) in [6.07, 6.45) is 0. The molecule has 1 aromatic carbocycles. The van der Waals surface area contributed by atoms with Gasteiger partial charge >= 0.3 is 0 Å². The van der Waals surface area contributed by atoms with Gasteiger partial charge in [-0.3, -0.25) is 5.41 Å². The van der Waals surface area contributed by atoms with Crippen molar-refractivity contribution in [2.24, 2.45) is 5.73 Å². The summed E-state index contributed by atoms with van der Waals surface area (Å²) < 4.78 is 31.7. The number of nitrogens with one attached hydrogen (secondary N) is 1. The first kappa shape index (κ1) is 13.9. The van der Waals surface area contributed by atoms with E-state index in [1.807, 2.05) is 0 Å². The Balaban J connectivity index is 2.49. The lowest BCUT2D eigenvalue weighted by Crippen LogP contribution is -2.15. The number of nitrogens with zero attached hydrogens (tertiary/aromatic N) is 1. The van der Waals surface area contributed by atoms with Gasteiger partial charge < -0.3 is 10.5 Å². The Hall–Kier alpha value is -2.50. The van der Waals surface area contributed by atoms with Crippen molar-refractivity contribution in [1.29, 1.82) is 5.41 Å². The van der Waals surface area contributed by atoms with Crippen LogP contribution >= 0.6 is 0 Å². The topological polar surface area (TPSA) is 72.0 Å². The molecule has 0 bridgehead atoms. The molecule has 0 aliphatic heterocycles. The Morgan fingerprint density at radius 3 is 2.30 bits per heavy atom. The van der Waals surface area contributed by atoms with Crippen molar-refractivity contribution in [1.82, 2.24) is 4.98 Å². The fourth-order valence-corrected chi connectivity index (χ4v) is 1.90. The quantitative estimate of drug-likeness (QED) is 0.669. The summed E-state index contributed by atoms with van der Waals surface area (Å²) in [6, 6.07) is 4.56. The van der Waals surface area contributed by atoms with E-state index in [2.05, 4.69) is 4.98 Å². The molecule has 1 aromatic heterocycles. The van der Waals surface area contributed by atoms with Crippen LogP contribution in [0.15, 0.2) is 24.3 Å². The van der Waals surface area contributed by atoms with E-state index in [0.717, 1.165) is 18.2 Å². The molecular weight excluding hydrogens is 264 g/mol. The predicted octanol–water partition coefficient (Wildman–Crippen LogP) is 3.05. The number of aromatic nitrogens is 1. The highest BCUT2D eigenvalue weighted by molar-refractivity contribution is 5.98. The molecule has 0 fully saturated rings. The van der Waals surface area contributed by atoms with Crippen molar-refractivity contribution in [3.63, 3.8) is 0 Å². The fourth-order valence-electron chi connectivity index (χ4n) is 1.90. The lowest BCUT2D eigenvalue weighted by atomic mass is 10.1. The highest BCUT2D eigenvalue weighted by atomic mass is 19.1. The monoisotopic (exact) mass is 277 g/mol. The molecule has 3 N–H and O–H groups in total. The third kappa shape index (κ3) is 2.90. The molecule has 0 spiro atoms. The Kier molecular flexibility index (Phi) is 3.65. The summed E-state index contributed by atoms with van der Waals surface area (Å²) in [5.41, 5.74) is 7.16. The molecule has 104 valence electrons. The molecule has 0 saturated heterocycles. The molecule has 0 saturated carbocycles. The van der Waals surface area contributed by atoms with Crippen molar-refractivity contribution in [2.45, 2.75) is 13.8 Å². The lowest BCUT2D eigenvalue weighted by molar-refractivity contribution is 0.449. The van der Waals surface area contributed by atoms with E-state index in [9.17, 15) is 8.78 Å². The van der Waals surface area contributed by atoms with Gasteiger partial charge in [0.15, 0.2) is 0 Å². The number of nitrogen functional groups attached to an aromatic ring is 1. The molecule has 6 heteroatoms. The minimum atomic E-state index is -0.756. The van der Waals surface area contributed by atoms with E-state index in [-0.39, 0.29) is 17.5 Å². The first-order chi connectivity index (χ1) is 9.36. The van der Waals surface area contributed by atoms with Gasteiger partial charge in [-0.05, 0) is 25.5 Å². The van der Waals surface area contributed by atoms with Crippen molar-refractivity contribution in [3.05, 3.63) is 52.7 Å². The number of hydrogen-bond donors (Lipinski definition) is 2. The van der Waals surface area contributed by atoms with Crippen molar-refractivity contribution >= 4 is 5.84 Å². The lowest BCUT2D eigenvalue weighted by Gasteiger charge is -2.12. The van der Waals surface area contributed by atoms with E-state index >= 15 is 0 Å². The maximum absolute atomic E-state index is 13.1. The van der Waals surface area contributed by atoms with Gasteiger partial charge in [-0.2, -0.15) is 0 Å². The third-order valence-electron chi connectivity index (χ3n) is 2.63. The van der Waals surface area contributed by atoms with Crippen LogP contribution in [0, 0.1) is 30.9 Å². The number of hydrogen-bond acceptors (Lipinski definition) is 3. The van der Waals surface area contributed by atoms with Gasteiger partial charge in [0.2, 0.25) is 5.88 Å². The maximum atomic E-state index is 13.1. The maximum Gasteiger partial charge on any atom is 0.230 e. The Morgan fingerprint density at radius 2 is 1.75 bits per heavy atom. The van der Waals surface area contributed by atoms with Crippen LogP contribution in [0.5, 0.6) is 11.6 Å². The van der Waals surface area contributed by atoms with E-state index in [1.165, 1.54) is 0 Å². The van der Waals surface area contributed by atoms with Gasteiger partial charge in [0.1, 0.15) is 23.2 Å². The van der Waals surface area contributed by atoms with E-state index in [0.29, 0.717) is 16.8 Å². The molecule has 4 nitrogen and oxygen atoms in total. The van der Waals surface area contributed by atoms with Crippen LogP contribution < -0.4 is 10.5 Å². The summed E-state index contributed by atoms with van der Waals surface area (Å²) in [5, 5.41) is 7.55. The predicted molar refractivity (Wildman–Crippen MR) is 71.2 cm³/mol. The van der Waals surface area contributed by atoms with E-state index in [1.54, 1.807) is 19.9 Å². The SMILES string of the molecule is Cc1cc(C)c(C(=N)N)c(Oc2cc(F)cc(F)c2)n1. The zero-order valence-corrected chi connectivity index (χ0v) is 11.0. The van der Waals surface area contributed by atoms with E-state index in [4.69, 9.17) is 15.9 Å². The number of amidine groups is 1. The molecule has 2 aromatic rings. The summed E-state index contributed by atoms with van der Waals surface area (Å²) in [5.74, 6) is -1.72. The number of benzene rings is 1. The Morgan fingerprint density at radius 1 is 1.15 bits per heavy atom. The van der Waals surface area contributed by atoms with Crippen LogP contribution in [0.1, 0.15) is 16.8 Å². The van der Waals surface area contributed by atoms with Crippen LogP contribution in [0.4, 0.5) is 8.78 Å². The molecule has 0 aliphatic carbocycles. The van der Waals surface area contributed by atoms with Crippen LogP contribution in [0.25, 0.3) is 0 Å². The van der Waals surface area contributed by atoms with Gasteiger partial charge in [0.05, 0.1) is 5.56 Å². The molecule has 0 radical (unpaired) electrons. The summed E-state index contributed by atoms with van der Waals surface area (Å²) in [4.78, 5) is 4.12. The molecule has 0 unspecified atom stereocenters. The molecule has 20 heavy (non-hydrogen) atoms. The number of pyridine rings is 1.